The largest absolute Gasteiger partial charge is 0.383 e. The molecule has 1 atom stereocenters. The second-order valence-electron chi connectivity index (χ2n) is 7.15. The van der Waals surface area contributed by atoms with Crippen molar-refractivity contribution in [3.05, 3.63) is 48.3 Å². The van der Waals surface area contributed by atoms with Crippen molar-refractivity contribution in [3.63, 3.8) is 0 Å². The Morgan fingerprint density at radius 2 is 2.07 bits per heavy atom. The van der Waals surface area contributed by atoms with E-state index in [1.54, 1.807) is 17.0 Å². The fourth-order valence-electron chi connectivity index (χ4n) is 3.25. The minimum absolute atomic E-state index is 0.318. The topological polar surface area (TPSA) is 141 Å². The van der Waals surface area contributed by atoms with Gasteiger partial charge < -0.3 is 16.0 Å². The first-order valence-corrected chi connectivity index (χ1v) is 9.62. The molecule has 3 aromatic rings. The smallest absolute Gasteiger partial charge is 0.314 e. The van der Waals surface area contributed by atoms with Gasteiger partial charge in [0.25, 0.3) is 0 Å². The van der Waals surface area contributed by atoms with Crippen LogP contribution in [0, 0.1) is 17.2 Å². The van der Waals surface area contributed by atoms with E-state index in [9.17, 15) is 9.59 Å². The molecule has 1 aromatic carbocycles. The number of H-pyrrole nitrogens is 1. The lowest BCUT2D eigenvalue weighted by Gasteiger charge is -2.30. The van der Waals surface area contributed by atoms with Gasteiger partial charge in [-0.05, 0) is 30.9 Å². The molecule has 1 fully saturated rings. The van der Waals surface area contributed by atoms with Crippen LogP contribution in [0.25, 0.3) is 10.9 Å². The van der Waals surface area contributed by atoms with E-state index in [-0.39, 0.29) is 0 Å². The minimum atomic E-state index is -0.670. The van der Waals surface area contributed by atoms with Crippen LogP contribution in [0.4, 0.5) is 11.5 Å². The molecule has 1 aliphatic heterocycles. The summed E-state index contributed by atoms with van der Waals surface area (Å²) >= 11 is 0. The number of aromatic nitrogens is 3. The van der Waals surface area contributed by atoms with E-state index in [0.29, 0.717) is 47.0 Å². The van der Waals surface area contributed by atoms with Crippen LogP contribution in [0.15, 0.2) is 42.7 Å². The van der Waals surface area contributed by atoms with E-state index in [1.165, 1.54) is 12.4 Å². The molecule has 4 N–H and O–H groups in total. The molecular weight excluding hydrogens is 382 g/mol. The predicted octanol–water partition coefficient (Wildman–Crippen LogP) is 2.30. The fourth-order valence-corrected chi connectivity index (χ4v) is 3.25. The van der Waals surface area contributed by atoms with Crippen LogP contribution in [0.2, 0.25) is 0 Å². The van der Waals surface area contributed by atoms with Crippen molar-refractivity contribution in [2.45, 2.75) is 19.8 Å². The zero-order chi connectivity index (χ0) is 21.5. The van der Waals surface area contributed by atoms with Crippen LogP contribution >= 0.6 is 0 Å². The molecule has 1 aliphatic rings. The molecule has 0 bridgehead atoms. The second-order valence-corrected chi connectivity index (χ2v) is 7.15. The van der Waals surface area contributed by atoms with E-state index in [2.05, 4.69) is 27.4 Å². The first-order valence-electron chi connectivity index (χ1n) is 9.62. The van der Waals surface area contributed by atoms with Crippen molar-refractivity contribution >= 4 is 34.2 Å². The normalized spacial score (nSPS) is 15.6. The number of rotatable bonds is 1. The maximum Gasteiger partial charge on any atom is 0.314 e. The molecule has 0 spiro atoms. The van der Waals surface area contributed by atoms with Crippen LogP contribution in [-0.2, 0) is 9.59 Å². The molecule has 154 valence electrons. The lowest BCUT2D eigenvalue weighted by Crippen LogP contribution is -2.44. The quantitative estimate of drug-likeness (QED) is 0.531. The number of nitrogens with two attached hydrogens (primary N) is 1. The van der Waals surface area contributed by atoms with Gasteiger partial charge in [-0.15, -0.1) is 0 Å². The Morgan fingerprint density at radius 1 is 1.30 bits per heavy atom. The lowest BCUT2D eigenvalue weighted by atomic mass is 10.0. The average molecular weight is 405 g/mol. The van der Waals surface area contributed by atoms with Crippen molar-refractivity contribution in [2.24, 2.45) is 5.92 Å². The summed E-state index contributed by atoms with van der Waals surface area (Å²) in [4.78, 5) is 30.0. The molecule has 0 radical (unpaired) electrons. The number of hydrogen-bond acceptors (Lipinski definition) is 6. The molecule has 30 heavy (non-hydrogen) atoms. The number of nitrogen functional groups attached to an aromatic ring is 1. The summed E-state index contributed by atoms with van der Waals surface area (Å²) in [5.74, 6) is -0.450. The monoisotopic (exact) mass is 405 g/mol. The maximum atomic E-state index is 12.2. The zero-order valence-corrected chi connectivity index (χ0v) is 16.6. The lowest BCUT2D eigenvalue weighted by molar-refractivity contribution is -0.144. The molecule has 4 rings (SSSR count). The third kappa shape index (κ3) is 4.91. The molecule has 0 saturated carbocycles. The van der Waals surface area contributed by atoms with Crippen LogP contribution < -0.4 is 11.1 Å². The van der Waals surface area contributed by atoms with Gasteiger partial charge in [-0.2, -0.15) is 10.4 Å². The molecule has 1 saturated heterocycles. The van der Waals surface area contributed by atoms with Crippen molar-refractivity contribution < 1.29 is 9.59 Å². The summed E-state index contributed by atoms with van der Waals surface area (Å²) in [7, 11) is 0. The van der Waals surface area contributed by atoms with Crippen molar-refractivity contribution in [1.82, 2.24) is 20.1 Å². The molecule has 2 amide bonds. The summed E-state index contributed by atoms with van der Waals surface area (Å²) in [6.45, 7) is 3.32. The Hall–Kier alpha value is -3.93. The number of carbonyl (C=O) groups excluding carboxylic acids is 2. The SMILES string of the molecule is CC1CCCN(C(=O)C(=O)Nc2cnc(N)c3cn[nH]c23)C1.N#Cc1ccccc1. The minimum Gasteiger partial charge on any atom is -0.383 e. The molecular formula is C21H23N7O2. The predicted molar refractivity (Wildman–Crippen MR) is 113 cm³/mol. The highest BCUT2D eigenvalue weighted by molar-refractivity contribution is 6.40. The Kier molecular flexibility index (Phi) is 6.60. The third-order valence-electron chi connectivity index (χ3n) is 4.81. The van der Waals surface area contributed by atoms with Crippen LogP contribution in [0.5, 0.6) is 0 Å². The molecule has 9 heteroatoms. The van der Waals surface area contributed by atoms with Gasteiger partial charge in [0.2, 0.25) is 0 Å². The first-order chi connectivity index (χ1) is 14.5. The summed E-state index contributed by atoms with van der Waals surface area (Å²) in [5.41, 5.74) is 7.40. The van der Waals surface area contributed by atoms with Gasteiger partial charge in [0.1, 0.15) is 5.82 Å². The van der Waals surface area contributed by atoms with E-state index in [1.807, 2.05) is 24.3 Å². The highest BCUT2D eigenvalue weighted by Gasteiger charge is 2.26. The maximum absolute atomic E-state index is 12.2. The third-order valence-corrected chi connectivity index (χ3v) is 4.81. The highest BCUT2D eigenvalue weighted by atomic mass is 16.2. The summed E-state index contributed by atoms with van der Waals surface area (Å²) in [6.07, 6.45) is 4.96. The number of aromatic amines is 1. The Bertz CT molecular complexity index is 1070. The number of piperidine rings is 1. The van der Waals surface area contributed by atoms with Crippen molar-refractivity contribution in [2.75, 3.05) is 24.1 Å². The van der Waals surface area contributed by atoms with Gasteiger partial charge in [-0.3, -0.25) is 14.7 Å². The molecule has 9 nitrogen and oxygen atoms in total. The summed E-state index contributed by atoms with van der Waals surface area (Å²) in [5, 5.41) is 18.1. The average Bonchev–Trinajstić information content (AvgIpc) is 3.27. The van der Waals surface area contributed by atoms with Crippen molar-refractivity contribution in [3.8, 4) is 6.07 Å². The van der Waals surface area contributed by atoms with E-state index >= 15 is 0 Å². The second kappa shape index (κ2) is 9.52. The first kappa shape index (κ1) is 20.8. The Morgan fingerprint density at radius 3 is 2.73 bits per heavy atom. The Labute approximate surface area is 173 Å². The van der Waals surface area contributed by atoms with E-state index in [4.69, 9.17) is 11.0 Å². The van der Waals surface area contributed by atoms with Crippen molar-refractivity contribution in [1.29, 1.82) is 5.26 Å². The number of nitriles is 1. The number of nitrogens with one attached hydrogen (secondary N) is 2. The fraction of sp³-hybridized carbons (Fsp3) is 0.286. The highest BCUT2D eigenvalue weighted by Crippen LogP contribution is 2.24. The number of benzene rings is 1. The van der Waals surface area contributed by atoms with Gasteiger partial charge in [-0.25, -0.2) is 4.98 Å². The summed E-state index contributed by atoms with van der Waals surface area (Å²) in [6, 6.07) is 11.2. The summed E-state index contributed by atoms with van der Waals surface area (Å²) < 4.78 is 0. The molecule has 1 unspecified atom stereocenters. The van der Waals surface area contributed by atoms with E-state index < -0.39 is 11.8 Å². The number of hydrogen-bond donors (Lipinski definition) is 3. The Balaban J connectivity index is 0.000000269. The zero-order valence-electron chi connectivity index (χ0n) is 16.6. The van der Waals surface area contributed by atoms with Gasteiger partial charge in [0.15, 0.2) is 0 Å². The molecule has 0 aliphatic carbocycles. The molecule has 2 aromatic heterocycles. The van der Waals surface area contributed by atoms with Gasteiger partial charge in [-0.1, -0.05) is 25.1 Å². The number of amides is 2. The number of fused-ring (bicyclic) bond motifs is 1. The van der Waals surface area contributed by atoms with Gasteiger partial charge in [0, 0.05) is 13.1 Å². The number of pyridine rings is 1. The number of carbonyl (C=O) groups is 2. The van der Waals surface area contributed by atoms with E-state index in [0.717, 1.165) is 12.8 Å². The van der Waals surface area contributed by atoms with Gasteiger partial charge >= 0.3 is 11.8 Å². The number of likely N-dealkylation sites (tertiary alicyclic amines) is 1. The number of nitrogens with zero attached hydrogens (tertiary/aromatic N) is 4. The van der Waals surface area contributed by atoms with Crippen LogP contribution in [0.3, 0.4) is 0 Å². The van der Waals surface area contributed by atoms with Crippen LogP contribution in [-0.4, -0.2) is 45.0 Å². The molecule has 3 heterocycles. The number of anilines is 2. The van der Waals surface area contributed by atoms with Gasteiger partial charge in [0.05, 0.1) is 40.6 Å². The standard InChI is InChI=1S/C14H18N6O2.C7H5N/c1-8-3-2-4-20(7-8)14(22)13(21)18-10-6-16-12(15)9-5-17-19-11(9)10;8-6-7-4-2-1-3-5-7/h5-6,8H,2-4,7H2,1H3,(H2,15,16)(H,17,19)(H,18,21);1-5H. The van der Waals surface area contributed by atoms with Crippen LogP contribution in [0.1, 0.15) is 25.3 Å².